The summed E-state index contributed by atoms with van der Waals surface area (Å²) in [4.78, 5) is 16.9. The molecule has 0 aliphatic carbocycles. The van der Waals surface area contributed by atoms with Crippen LogP contribution in [-0.4, -0.2) is 26.5 Å². The Kier molecular flexibility index (Phi) is 6.59. The van der Waals surface area contributed by atoms with Gasteiger partial charge in [0.2, 0.25) is 5.89 Å². The number of hydrogen-bond donors (Lipinski definition) is 1. The van der Waals surface area contributed by atoms with E-state index in [0.717, 1.165) is 11.1 Å². The Morgan fingerprint density at radius 2 is 2.04 bits per heavy atom. The maximum absolute atomic E-state index is 12.6. The molecule has 7 nitrogen and oxygen atoms in total. The van der Waals surface area contributed by atoms with Crippen molar-refractivity contribution in [3.05, 3.63) is 61.5 Å². The Labute approximate surface area is 176 Å². The molecule has 0 spiro atoms. The van der Waals surface area contributed by atoms with E-state index >= 15 is 0 Å². The Morgan fingerprint density at radius 3 is 2.71 bits per heavy atom. The molecule has 0 atom stereocenters. The quantitative estimate of drug-likeness (QED) is 0.532. The van der Waals surface area contributed by atoms with Gasteiger partial charge in [-0.25, -0.2) is 0 Å². The molecule has 3 aromatic rings. The fourth-order valence-corrected chi connectivity index (χ4v) is 3.13. The van der Waals surface area contributed by atoms with E-state index in [-0.39, 0.29) is 10.9 Å². The van der Waals surface area contributed by atoms with Crippen LogP contribution in [-0.2, 0) is 6.42 Å². The van der Waals surface area contributed by atoms with Gasteiger partial charge in [0.1, 0.15) is 5.02 Å². The predicted octanol–water partition coefficient (Wildman–Crippen LogP) is 4.74. The van der Waals surface area contributed by atoms with E-state index in [4.69, 9.17) is 39.3 Å². The highest BCUT2D eigenvalue weighted by molar-refractivity contribution is 6.36. The van der Waals surface area contributed by atoms with Crippen LogP contribution in [0.25, 0.3) is 5.69 Å². The first kappa shape index (κ1) is 20.6. The van der Waals surface area contributed by atoms with Gasteiger partial charge in [0.05, 0.1) is 22.6 Å². The largest absolute Gasteiger partial charge is 0.382 e. The minimum absolute atomic E-state index is 0.0286. The molecule has 148 valence electrons. The lowest BCUT2D eigenvalue weighted by molar-refractivity contribution is 0.369. The standard InChI is InChI=1S/C18H18Cl3N5O2/c1-10(2)17-24-15(28-25-17)4-3-7-22-13-9-23-26(18(27)16(13)21)14-6-5-11(19)8-12(14)20/h5-6,8-10,22H,3-4,7H2,1-2H3. The van der Waals surface area contributed by atoms with Crippen molar-refractivity contribution in [2.24, 2.45) is 0 Å². The fraction of sp³-hybridized carbons (Fsp3) is 0.333. The molecule has 0 radical (unpaired) electrons. The van der Waals surface area contributed by atoms with Crippen LogP contribution in [0.15, 0.2) is 33.7 Å². The zero-order valence-corrected chi connectivity index (χ0v) is 17.5. The molecule has 28 heavy (non-hydrogen) atoms. The molecule has 0 saturated heterocycles. The number of rotatable bonds is 7. The highest BCUT2D eigenvalue weighted by atomic mass is 35.5. The Morgan fingerprint density at radius 1 is 1.25 bits per heavy atom. The van der Waals surface area contributed by atoms with Crippen LogP contribution in [0.5, 0.6) is 0 Å². The normalized spacial score (nSPS) is 11.2. The number of hydrogen-bond acceptors (Lipinski definition) is 6. The molecular weight excluding hydrogens is 425 g/mol. The van der Waals surface area contributed by atoms with Crippen molar-refractivity contribution >= 4 is 40.5 Å². The third-order valence-corrected chi connectivity index (χ3v) is 4.84. The molecule has 0 aliphatic rings. The zero-order chi connectivity index (χ0) is 20.3. The molecule has 1 aromatic carbocycles. The molecule has 2 aromatic heterocycles. The lowest BCUT2D eigenvalue weighted by atomic mass is 10.2. The first-order valence-corrected chi connectivity index (χ1v) is 9.80. The van der Waals surface area contributed by atoms with E-state index in [1.807, 2.05) is 13.8 Å². The first-order chi connectivity index (χ1) is 13.4. The Balaban J connectivity index is 1.65. The molecular formula is C18H18Cl3N5O2. The van der Waals surface area contributed by atoms with Gasteiger partial charge in [-0.2, -0.15) is 14.8 Å². The van der Waals surface area contributed by atoms with Gasteiger partial charge in [-0.15, -0.1) is 0 Å². The maximum Gasteiger partial charge on any atom is 0.292 e. The number of anilines is 1. The van der Waals surface area contributed by atoms with Crippen molar-refractivity contribution in [2.45, 2.75) is 32.6 Å². The summed E-state index contributed by atoms with van der Waals surface area (Å²) in [6.07, 6.45) is 2.83. The van der Waals surface area contributed by atoms with Gasteiger partial charge in [0.25, 0.3) is 5.56 Å². The number of nitrogens with zero attached hydrogens (tertiary/aromatic N) is 4. The topological polar surface area (TPSA) is 85.8 Å². The molecule has 10 heteroatoms. The average Bonchev–Trinajstić information content (AvgIpc) is 3.12. The maximum atomic E-state index is 12.6. The lowest BCUT2D eigenvalue weighted by Gasteiger charge is -2.11. The van der Waals surface area contributed by atoms with Crippen LogP contribution in [0.2, 0.25) is 15.1 Å². The van der Waals surface area contributed by atoms with Gasteiger partial charge in [-0.1, -0.05) is 53.8 Å². The second-order valence-electron chi connectivity index (χ2n) is 6.42. The molecule has 0 fully saturated rings. The molecule has 0 saturated carbocycles. The summed E-state index contributed by atoms with van der Waals surface area (Å²) in [6, 6.07) is 4.77. The predicted molar refractivity (Wildman–Crippen MR) is 110 cm³/mol. The Bertz CT molecular complexity index is 1030. The summed E-state index contributed by atoms with van der Waals surface area (Å²) < 4.78 is 6.34. The second-order valence-corrected chi connectivity index (χ2v) is 7.64. The summed E-state index contributed by atoms with van der Waals surface area (Å²) in [6.45, 7) is 4.57. The molecule has 0 aliphatic heterocycles. The molecule has 3 rings (SSSR count). The highest BCUT2D eigenvalue weighted by Gasteiger charge is 2.13. The van der Waals surface area contributed by atoms with Crippen molar-refractivity contribution in [2.75, 3.05) is 11.9 Å². The molecule has 1 N–H and O–H groups in total. The van der Waals surface area contributed by atoms with Crippen LogP contribution in [0.3, 0.4) is 0 Å². The molecule has 2 heterocycles. The van der Waals surface area contributed by atoms with Gasteiger partial charge < -0.3 is 9.84 Å². The number of nitrogens with one attached hydrogen (secondary N) is 1. The van der Waals surface area contributed by atoms with Gasteiger partial charge in [0, 0.05) is 23.9 Å². The Hall–Kier alpha value is -2.09. The third-order valence-electron chi connectivity index (χ3n) is 3.94. The van der Waals surface area contributed by atoms with Gasteiger partial charge in [-0.05, 0) is 24.6 Å². The number of benzene rings is 1. The molecule has 0 unspecified atom stereocenters. The molecule has 0 amide bonds. The SMILES string of the molecule is CC(C)c1noc(CCCNc2cnn(-c3ccc(Cl)cc3Cl)c(=O)c2Cl)n1. The molecule has 0 bridgehead atoms. The smallest absolute Gasteiger partial charge is 0.292 e. The van der Waals surface area contributed by atoms with E-state index in [2.05, 4.69) is 20.6 Å². The van der Waals surface area contributed by atoms with E-state index in [0.29, 0.717) is 46.1 Å². The van der Waals surface area contributed by atoms with Gasteiger partial charge in [0.15, 0.2) is 5.82 Å². The third kappa shape index (κ3) is 4.66. The van der Waals surface area contributed by atoms with Crippen molar-refractivity contribution < 1.29 is 4.52 Å². The van der Waals surface area contributed by atoms with Crippen molar-refractivity contribution in [3.63, 3.8) is 0 Å². The van der Waals surface area contributed by atoms with Crippen LogP contribution in [0, 0.1) is 0 Å². The first-order valence-electron chi connectivity index (χ1n) is 8.66. The summed E-state index contributed by atoms with van der Waals surface area (Å²) in [5.74, 6) is 1.50. The van der Waals surface area contributed by atoms with Crippen molar-refractivity contribution in [3.8, 4) is 5.69 Å². The average molecular weight is 443 g/mol. The van der Waals surface area contributed by atoms with Crippen LogP contribution in [0.4, 0.5) is 5.69 Å². The number of halogens is 3. The lowest BCUT2D eigenvalue weighted by Crippen LogP contribution is -2.23. The second kappa shape index (κ2) is 8.94. The summed E-state index contributed by atoms with van der Waals surface area (Å²) in [5, 5.41) is 12.0. The van der Waals surface area contributed by atoms with E-state index in [1.165, 1.54) is 12.3 Å². The highest BCUT2D eigenvalue weighted by Crippen LogP contribution is 2.24. The van der Waals surface area contributed by atoms with Crippen LogP contribution in [0.1, 0.15) is 37.9 Å². The van der Waals surface area contributed by atoms with Crippen molar-refractivity contribution in [1.29, 1.82) is 0 Å². The summed E-state index contributed by atoms with van der Waals surface area (Å²) in [5.41, 5.74) is 0.373. The van der Waals surface area contributed by atoms with Crippen LogP contribution >= 0.6 is 34.8 Å². The zero-order valence-electron chi connectivity index (χ0n) is 15.2. The van der Waals surface area contributed by atoms with E-state index in [1.54, 1.807) is 12.1 Å². The van der Waals surface area contributed by atoms with Gasteiger partial charge >= 0.3 is 0 Å². The summed E-state index contributed by atoms with van der Waals surface area (Å²) >= 11 is 18.3. The number of aromatic nitrogens is 4. The summed E-state index contributed by atoms with van der Waals surface area (Å²) in [7, 11) is 0. The minimum atomic E-state index is -0.477. The van der Waals surface area contributed by atoms with Crippen LogP contribution < -0.4 is 10.9 Å². The van der Waals surface area contributed by atoms with Gasteiger partial charge in [-0.3, -0.25) is 4.79 Å². The number of aryl methyl sites for hydroxylation is 1. The van der Waals surface area contributed by atoms with E-state index < -0.39 is 5.56 Å². The van der Waals surface area contributed by atoms with E-state index in [9.17, 15) is 4.79 Å². The monoisotopic (exact) mass is 441 g/mol. The minimum Gasteiger partial charge on any atom is -0.382 e. The fourth-order valence-electron chi connectivity index (χ4n) is 2.45. The van der Waals surface area contributed by atoms with Crippen molar-refractivity contribution in [1.82, 2.24) is 19.9 Å².